The lowest BCUT2D eigenvalue weighted by Crippen LogP contribution is -2.21. The van der Waals surface area contributed by atoms with Crippen molar-refractivity contribution < 1.29 is 0 Å². The summed E-state index contributed by atoms with van der Waals surface area (Å²) in [5.41, 5.74) is 5.94. The minimum Gasteiger partial charge on any atom is -0.383 e. The molecule has 2 rings (SSSR count). The van der Waals surface area contributed by atoms with E-state index in [1.807, 2.05) is 11.4 Å². The minimum absolute atomic E-state index is 0.591. The maximum atomic E-state index is 5.94. The molecule has 4 nitrogen and oxygen atoms in total. The third-order valence-electron chi connectivity index (χ3n) is 2.90. The molecule has 0 unspecified atom stereocenters. The van der Waals surface area contributed by atoms with Gasteiger partial charge >= 0.3 is 0 Å². The SMILES string of the molecule is CC(C)CCN(C)Cc1nc(N)c2ccsc2n1. The molecule has 0 saturated carbocycles. The van der Waals surface area contributed by atoms with Gasteiger partial charge in [0.2, 0.25) is 0 Å². The lowest BCUT2D eigenvalue weighted by molar-refractivity contribution is 0.297. The first-order valence-electron chi connectivity index (χ1n) is 6.24. The molecule has 0 amide bonds. The van der Waals surface area contributed by atoms with Crippen LogP contribution in [-0.4, -0.2) is 28.5 Å². The van der Waals surface area contributed by atoms with Crippen molar-refractivity contribution in [3.05, 3.63) is 17.3 Å². The quantitative estimate of drug-likeness (QED) is 0.902. The van der Waals surface area contributed by atoms with Gasteiger partial charge in [-0.15, -0.1) is 11.3 Å². The second-order valence-electron chi connectivity index (χ2n) is 5.08. The first kappa shape index (κ1) is 13.2. The highest BCUT2D eigenvalue weighted by molar-refractivity contribution is 7.16. The van der Waals surface area contributed by atoms with E-state index in [1.165, 1.54) is 6.42 Å². The van der Waals surface area contributed by atoms with Gasteiger partial charge in [-0.25, -0.2) is 9.97 Å². The van der Waals surface area contributed by atoms with Gasteiger partial charge in [0.1, 0.15) is 16.5 Å². The molecular weight excluding hydrogens is 244 g/mol. The van der Waals surface area contributed by atoms with Crippen LogP contribution < -0.4 is 5.73 Å². The van der Waals surface area contributed by atoms with Crippen molar-refractivity contribution in [1.82, 2.24) is 14.9 Å². The van der Waals surface area contributed by atoms with Gasteiger partial charge < -0.3 is 5.73 Å². The van der Waals surface area contributed by atoms with E-state index in [2.05, 4.69) is 35.8 Å². The van der Waals surface area contributed by atoms with Crippen molar-refractivity contribution in [2.75, 3.05) is 19.3 Å². The van der Waals surface area contributed by atoms with E-state index in [-0.39, 0.29) is 0 Å². The molecule has 0 aliphatic carbocycles. The Balaban J connectivity index is 2.07. The zero-order valence-corrected chi connectivity index (χ0v) is 12.0. The van der Waals surface area contributed by atoms with Gasteiger partial charge in [0.15, 0.2) is 0 Å². The smallest absolute Gasteiger partial charge is 0.146 e. The van der Waals surface area contributed by atoms with Crippen LogP contribution in [0.1, 0.15) is 26.1 Å². The summed E-state index contributed by atoms with van der Waals surface area (Å²) in [6.07, 6.45) is 1.19. The van der Waals surface area contributed by atoms with Gasteiger partial charge in [0.05, 0.1) is 11.9 Å². The molecule has 2 N–H and O–H groups in total. The van der Waals surface area contributed by atoms with Crippen LogP contribution in [0.3, 0.4) is 0 Å². The first-order valence-corrected chi connectivity index (χ1v) is 7.12. The molecule has 98 valence electrons. The average molecular weight is 264 g/mol. The Labute approximate surface area is 112 Å². The monoisotopic (exact) mass is 264 g/mol. The van der Waals surface area contributed by atoms with E-state index < -0.39 is 0 Å². The van der Waals surface area contributed by atoms with E-state index in [9.17, 15) is 0 Å². The molecule has 2 aromatic heterocycles. The number of hydrogen-bond acceptors (Lipinski definition) is 5. The highest BCUT2D eigenvalue weighted by Gasteiger charge is 2.08. The van der Waals surface area contributed by atoms with Crippen molar-refractivity contribution in [2.45, 2.75) is 26.8 Å². The fraction of sp³-hybridized carbons (Fsp3) is 0.538. The number of aromatic nitrogens is 2. The van der Waals surface area contributed by atoms with E-state index in [1.54, 1.807) is 11.3 Å². The number of thiophene rings is 1. The summed E-state index contributed by atoms with van der Waals surface area (Å²) >= 11 is 1.61. The highest BCUT2D eigenvalue weighted by Crippen LogP contribution is 2.23. The predicted octanol–water partition coefficient (Wildman–Crippen LogP) is 2.75. The normalized spacial score (nSPS) is 11.8. The van der Waals surface area contributed by atoms with Gasteiger partial charge in [-0.1, -0.05) is 13.8 Å². The van der Waals surface area contributed by atoms with Gasteiger partial charge in [-0.3, -0.25) is 4.90 Å². The van der Waals surface area contributed by atoms with Crippen molar-refractivity contribution in [3.8, 4) is 0 Å². The number of hydrogen-bond donors (Lipinski definition) is 1. The van der Waals surface area contributed by atoms with Crippen molar-refractivity contribution in [3.63, 3.8) is 0 Å². The fourth-order valence-electron chi connectivity index (χ4n) is 1.79. The molecule has 0 aliphatic heterocycles. The summed E-state index contributed by atoms with van der Waals surface area (Å²) in [5, 5.41) is 2.97. The standard InChI is InChI=1S/C13H20N4S/c1-9(2)4-6-17(3)8-11-15-12(14)10-5-7-18-13(10)16-11/h5,7,9H,4,6,8H2,1-3H3,(H2,14,15,16). The van der Waals surface area contributed by atoms with Crippen LogP contribution in [0.15, 0.2) is 11.4 Å². The molecule has 18 heavy (non-hydrogen) atoms. The minimum atomic E-state index is 0.591. The molecule has 0 fully saturated rings. The maximum absolute atomic E-state index is 5.94. The molecule has 2 heterocycles. The third kappa shape index (κ3) is 3.17. The molecular formula is C13H20N4S. The van der Waals surface area contributed by atoms with E-state index in [0.29, 0.717) is 5.82 Å². The Hall–Kier alpha value is -1.20. The third-order valence-corrected chi connectivity index (χ3v) is 3.71. The Morgan fingerprint density at radius 2 is 2.17 bits per heavy atom. The van der Waals surface area contributed by atoms with Gasteiger partial charge in [0, 0.05) is 0 Å². The number of nitrogen functional groups attached to an aromatic ring is 1. The summed E-state index contributed by atoms with van der Waals surface area (Å²) in [5.74, 6) is 2.13. The zero-order valence-electron chi connectivity index (χ0n) is 11.2. The molecule has 2 aromatic rings. The number of rotatable bonds is 5. The Bertz CT molecular complexity index is 521. The van der Waals surface area contributed by atoms with Gasteiger partial charge in [-0.05, 0) is 37.4 Å². The zero-order chi connectivity index (χ0) is 13.1. The first-order chi connectivity index (χ1) is 8.56. The summed E-state index contributed by atoms with van der Waals surface area (Å²) in [4.78, 5) is 12.1. The van der Waals surface area contributed by atoms with Crippen LogP contribution >= 0.6 is 11.3 Å². The van der Waals surface area contributed by atoms with E-state index in [4.69, 9.17) is 5.73 Å². The van der Waals surface area contributed by atoms with Crippen LogP contribution in [0, 0.1) is 5.92 Å². The van der Waals surface area contributed by atoms with Gasteiger partial charge in [0.25, 0.3) is 0 Å². The lowest BCUT2D eigenvalue weighted by atomic mass is 10.1. The van der Waals surface area contributed by atoms with Crippen LogP contribution in [0.2, 0.25) is 0 Å². The molecule has 0 saturated heterocycles. The Morgan fingerprint density at radius 3 is 2.89 bits per heavy atom. The van der Waals surface area contributed by atoms with Crippen LogP contribution in [0.4, 0.5) is 5.82 Å². The summed E-state index contributed by atoms with van der Waals surface area (Å²) in [6, 6.07) is 1.97. The van der Waals surface area contributed by atoms with Crippen molar-refractivity contribution in [2.24, 2.45) is 5.92 Å². The van der Waals surface area contributed by atoms with Crippen molar-refractivity contribution >= 4 is 27.4 Å². The molecule has 0 bridgehead atoms. The van der Waals surface area contributed by atoms with Crippen LogP contribution in [0.5, 0.6) is 0 Å². The lowest BCUT2D eigenvalue weighted by Gasteiger charge is -2.16. The molecule has 5 heteroatoms. The predicted molar refractivity (Wildman–Crippen MR) is 77.6 cm³/mol. The molecule has 0 radical (unpaired) electrons. The maximum Gasteiger partial charge on any atom is 0.146 e. The fourth-order valence-corrected chi connectivity index (χ4v) is 2.58. The van der Waals surface area contributed by atoms with E-state index >= 15 is 0 Å². The second-order valence-corrected chi connectivity index (χ2v) is 5.98. The van der Waals surface area contributed by atoms with Gasteiger partial charge in [-0.2, -0.15) is 0 Å². The Kier molecular flexibility index (Phi) is 4.14. The van der Waals surface area contributed by atoms with Crippen LogP contribution in [-0.2, 0) is 6.54 Å². The summed E-state index contributed by atoms with van der Waals surface area (Å²) < 4.78 is 0. The van der Waals surface area contributed by atoms with E-state index in [0.717, 1.165) is 35.0 Å². The topological polar surface area (TPSA) is 55.0 Å². The summed E-state index contributed by atoms with van der Waals surface area (Å²) in [6.45, 7) is 6.29. The average Bonchev–Trinajstić information content (AvgIpc) is 2.75. The number of nitrogens with zero attached hydrogens (tertiary/aromatic N) is 3. The number of nitrogens with two attached hydrogens (primary N) is 1. The highest BCUT2D eigenvalue weighted by atomic mass is 32.1. The second kappa shape index (κ2) is 5.63. The van der Waals surface area contributed by atoms with Crippen LogP contribution in [0.25, 0.3) is 10.2 Å². The number of anilines is 1. The largest absolute Gasteiger partial charge is 0.383 e. The molecule has 0 aromatic carbocycles. The number of fused-ring (bicyclic) bond motifs is 1. The molecule has 0 atom stereocenters. The summed E-state index contributed by atoms with van der Waals surface area (Å²) in [7, 11) is 2.10. The molecule has 0 aliphatic rings. The van der Waals surface area contributed by atoms with Crippen molar-refractivity contribution in [1.29, 1.82) is 0 Å². The molecule has 0 spiro atoms. The Morgan fingerprint density at radius 1 is 1.39 bits per heavy atom.